The van der Waals surface area contributed by atoms with E-state index >= 15 is 0 Å². The quantitative estimate of drug-likeness (QED) is 0.311. The topological polar surface area (TPSA) is 95.5 Å². The minimum absolute atomic E-state index is 0.0192. The summed E-state index contributed by atoms with van der Waals surface area (Å²) in [5.41, 5.74) is -1.28. The Kier molecular flexibility index (Phi) is 8.08. The zero-order chi connectivity index (χ0) is 25.8. The molecule has 0 aliphatic heterocycles. The lowest BCUT2D eigenvalue weighted by molar-refractivity contribution is -0.137. The summed E-state index contributed by atoms with van der Waals surface area (Å²) in [6.45, 7) is 1.53. The van der Waals surface area contributed by atoms with Crippen LogP contribution in [0.5, 0.6) is 0 Å². The zero-order valence-electron chi connectivity index (χ0n) is 18.0. The van der Waals surface area contributed by atoms with Crippen molar-refractivity contribution in [1.29, 1.82) is 0 Å². The summed E-state index contributed by atoms with van der Waals surface area (Å²) >= 11 is 6.74. The number of halogens is 4. The molecule has 3 N–H and O–H groups in total. The zero-order valence-corrected chi connectivity index (χ0v) is 19.6. The number of carbonyl (C=O) groups excluding carboxylic acids is 2. The molecule has 0 saturated carbocycles. The number of amides is 2. The van der Waals surface area contributed by atoms with Crippen LogP contribution < -0.4 is 10.6 Å². The molecular formula is C24H18ClF3N2O4S. The van der Waals surface area contributed by atoms with Gasteiger partial charge >= 0.3 is 12.1 Å². The molecule has 0 bridgehead atoms. The Labute approximate surface area is 207 Å². The SMILES string of the molecule is CC(Sc1cccc(NC(=O)c2ccccc2C(=O)O)c1)C(=O)Nc1ccc(Cl)cc1C(F)(F)F. The van der Waals surface area contributed by atoms with E-state index in [9.17, 15) is 32.7 Å². The molecule has 0 heterocycles. The maximum Gasteiger partial charge on any atom is 0.418 e. The fourth-order valence-electron chi connectivity index (χ4n) is 3.07. The summed E-state index contributed by atoms with van der Waals surface area (Å²) in [6, 6.07) is 15.3. The van der Waals surface area contributed by atoms with E-state index in [-0.39, 0.29) is 16.1 Å². The molecule has 0 saturated heterocycles. The summed E-state index contributed by atoms with van der Waals surface area (Å²) in [6.07, 6.45) is -4.70. The second-order valence-corrected chi connectivity index (χ2v) is 9.12. The lowest BCUT2D eigenvalue weighted by Gasteiger charge is -2.17. The number of hydrogen-bond acceptors (Lipinski definition) is 4. The van der Waals surface area contributed by atoms with Crippen molar-refractivity contribution in [2.24, 2.45) is 0 Å². The average molecular weight is 523 g/mol. The molecule has 11 heteroatoms. The summed E-state index contributed by atoms with van der Waals surface area (Å²) in [7, 11) is 0. The van der Waals surface area contributed by atoms with Crippen molar-refractivity contribution in [2.75, 3.05) is 10.6 Å². The maximum absolute atomic E-state index is 13.3. The number of rotatable bonds is 7. The van der Waals surface area contributed by atoms with Gasteiger partial charge in [0.25, 0.3) is 5.91 Å². The standard InChI is InChI=1S/C24H18ClF3N2O4S/c1-13(21(31)30-20-10-9-14(25)11-19(20)24(26,27)28)35-16-6-4-5-15(12-16)29-22(32)17-7-2-3-8-18(17)23(33)34/h2-13H,1H3,(H,29,32)(H,30,31)(H,33,34). The third-order valence-electron chi connectivity index (χ3n) is 4.72. The Morgan fingerprint density at radius 1 is 0.943 bits per heavy atom. The van der Waals surface area contributed by atoms with Gasteiger partial charge in [0.2, 0.25) is 5.91 Å². The van der Waals surface area contributed by atoms with E-state index in [1.165, 1.54) is 31.2 Å². The lowest BCUT2D eigenvalue weighted by Crippen LogP contribution is -2.24. The van der Waals surface area contributed by atoms with Gasteiger partial charge in [-0.15, -0.1) is 11.8 Å². The molecule has 3 rings (SSSR count). The first kappa shape index (κ1) is 26.1. The molecule has 0 aromatic heterocycles. The van der Waals surface area contributed by atoms with E-state index in [2.05, 4.69) is 10.6 Å². The molecule has 3 aromatic rings. The van der Waals surface area contributed by atoms with Crippen molar-refractivity contribution in [3.05, 3.63) is 88.4 Å². The van der Waals surface area contributed by atoms with Gasteiger partial charge in [-0.3, -0.25) is 9.59 Å². The number of alkyl halides is 3. The van der Waals surface area contributed by atoms with E-state index in [0.29, 0.717) is 10.6 Å². The minimum atomic E-state index is -4.70. The Hall–Kier alpha value is -3.50. The number of benzene rings is 3. The first-order valence-electron chi connectivity index (χ1n) is 10.0. The van der Waals surface area contributed by atoms with Gasteiger partial charge < -0.3 is 15.7 Å². The maximum atomic E-state index is 13.3. The van der Waals surface area contributed by atoms with Crippen molar-refractivity contribution in [2.45, 2.75) is 23.2 Å². The minimum Gasteiger partial charge on any atom is -0.478 e. The van der Waals surface area contributed by atoms with Crippen LogP contribution >= 0.6 is 23.4 Å². The Morgan fingerprint density at radius 3 is 2.29 bits per heavy atom. The van der Waals surface area contributed by atoms with E-state index in [0.717, 1.165) is 23.9 Å². The predicted molar refractivity (Wildman–Crippen MR) is 128 cm³/mol. The van der Waals surface area contributed by atoms with Gasteiger partial charge in [-0.2, -0.15) is 13.2 Å². The molecule has 0 aliphatic rings. The first-order valence-corrected chi connectivity index (χ1v) is 11.3. The van der Waals surface area contributed by atoms with E-state index in [1.54, 1.807) is 30.3 Å². The summed E-state index contributed by atoms with van der Waals surface area (Å²) < 4.78 is 39.9. The van der Waals surface area contributed by atoms with E-state index in [1.807, 2.05) is 0 Å². The Balaban J connectivity index is 1.71. The number of aromatic carboxylic acids is 1. The smallest absolute Gasteiger partial charge is 0.418 e. The van der Waals surface area contributed by atoms with Crippen molar-refractivity contribution in [3.63, 3.8) is 0 Å². The van der Waals surface area contributed by atoms with Gasteiger partial charge in [-0.05, 0) is 55.5 Å². The predicted octanol–water partition coefficient (Wildman–Crippen LogP) is 6.43. The fourth-order valence-corrected chi connectivity index (χ4v) is 4.16. The van der Waals surface area contributed by atoms with Crippen LogP contribution in [0.4, 0.5) is 24.5 Å². The largest absolute Gasteiger partial charge is 0.478 e. The van der Waals surface area contributed by atoms with Crippen LogP contribution in [0.1, 0.15) is 33.2 Å². The van der Waals surface area contributed by atoms with Crippen molar-refractivity contribution >= 4 is 52.5 Å². The van der Waals surface area contributed by atoms with Crippen LogP contribution in [0.2, 0.25) is 5.02 Å². The number of carboxylic acid groups (broad SMARTS) is 1. The normalized spacial score (nSPS) is 12.0. The molecule has 0 spiro atoms. The number of hydrogen-bond donors (Lipinski definition) is 3. The van der Waals surface area contributed by atoms with E-state index in [4.69, 9.17) is 11.6 Å². The van der Waals surface area contributed by atoms with Crippen molar-refractivity contribution in [3.8, 4) is 0 Å². The molecular weight excluding hydrogens is 505 g/mol. The van der Waals surface area contributed by atoms with Crippen LogP contribution in [-0.2, 0) is 11.0 Å². The number of thioether (sulfide) groups is 1. The highest BCUT2D eigenvalue weighted by Crippen LogP contribution is 2.37. The Morgan fingerprint density at radius 2 is 1.63 bits per heavy atom. The fraction of sp³-hybridized carbons (Fsp3) is 0.125. The third-order valence-corrected chi connectivity index (χ3v) is 6.05. The molecule has 6 nitrogen and oxygen atoms in total. The van der Waals surface area contributed by atoms with Crippen molar-refractivity contribution < 1.29 is 32.7 Å². The van der Waals surface area contributed by atoms with Gasteiger partial charge in [0.05, 0.1) is 27.6 Å². The number of carboxylic acids is 1. The van der Waals surface area contributed by atoms with Gasteiger partial charge in [-0.25, -0.2) is 4.79 Å². The van der Waals surface area contributed by atoms with Crippen LogP contribution in [-0.4, -0.2) is 28.1 Å². The van der Waals surface area contributed by atoms with Crippen molar-refractivity contribution in [1.82, 2.24) is 0 Å². The Bertz CT molecular complexity index is 1280. The number of carbonyl (C=O) groups is 3. The molecule has 1 unspecified atom stereocenters. The molecule has 2 amide bonds. The van der Waals surface area contributed by atoms with Gasteiger partial charge in [0.15, 0.2) is 0 Å². The molecule has 182 valence electrons. The highest BCUT2D eigenvalue weighted by molar-refractivity contribution is 8.00. The molecule has 0 radical (unpaired) electrons. The van der Waals surface area contributed by atoms with Crippen LogP contribution in [0.25, 0.3) is 0 Å². The summed E-state index contributed by atoms with van der Waals surface area (Å²) in [4.78, 5) is 37.1. The molecule has 35 heavy (non-hydrogen) atoms. The first-order chi connectivity index (χ1) is 16.5. The van der Waals surface area contributed by atoms with Crippen LogP contribution in [0.15, 0.2) is 71.6 Å². The van der Waals surface area contributed by atoms with E-state index < -0.39 is 40.5 Å². The second kappa shape index (κ2) is 10.8. The average Bonchev–Trinajstić information content (AvgIpc) is 2.79. The monoisotopic (exact) mass is 522 g/mol. The van der Waals surface area contributed by atoms with Gasteiger partial charge in [0.1, 0.15) is 0 Å². The lowest BCUT2D eigenvalue weighted by atomic mass is 10.1. The number of anilines is 2. The van der Waals surface area contributed by atoms with Gasteiger partial charge in [0, 0.05) is 15.6 Å². The summed E-state index contributed by atoms with van der Waals surface area (Å²) in [5.74, 6) is -2.53. The highest BCUT2D eigenvalue weighted by atomic mass is 35.5. The highest BCUT2D eigenvalue weighted by Gasteiger charge is 2.34. The van der Waals surface area contributed by atoms with Crippen LogP contribution in [0.3, 0.4) is 0 Å². The van der Waals surface area contributed by atoms with Gasteiger partial charge in [-0.1, -0.05) is 29.8 Å². The molecule has 3 aromatic carbocycles. The molecule has 0 fully saturated rings. The number of nitrogens with one attached hydrogen (secondary N) is 2. The summed E-state index contributed by atoms with van der Waals surface area (Å²) in [5, 5.41) is 13.3. The van der Waals surface area contributed by atoms with Crippen LogP contribution in [0, 0.1) is 0 Å². The molecule has 0 aliphatic carbocycles. The molecule has 1 atom stereocenters. The second-order valence-electron chi connectivity index (χ2n) is 7.27. The third kappa shape index (κ3) is 6.77.